The Bertz CT molecular complexity index is 506. The van der Waals surface area contributed by atoms with Gasteiger partial charge in [0.05, 0.1) is 0 Å². The molecule has 0 radical (unpaired) electrons. The van der Waals surface area contributed by atoms with Crippen LogP contribution >= 0.6 is 23.1 Å². The van der Waals surface area contributed by atoms with Crippen molar-refractivity contribution in [3.63, 3.8) is 0 Å². The molecule has 1 aromatic heterocycles. The van der Waals surface area contributed by atoms with Gasteiger partial charge in [0.15, 0.2) is 0 Å². The molecule has 0 aliphatic carbocycles. The van der Waals surface area contributed by atoms with Gasteiger partial charge in [0.2, 0.25) is 0 Å². The second-order valence-corrected chi connectivity index (χ2v) is 7.72. The molecule has 2 rings (SSSR count). The smallest absolute Gasteiger partial charge is 0.149 e. The van der Waals surface area contributed by atoms with E-state index in [2.05, 4.69) is 55.3 Å². The normalized spacial score (nSPS) is 12.8. The number of hydrogen-bond donors (Lipinski definition) is 1. The Hall–Kier alpha value is -0.840. The Labute approximate surface area is 136 Å². The maximum atomic E-state index is 4.34. The minimum atomic E-state index is 0.386. The molecular weight excluding hydrogens is 296 g/mol. The molecule has 2 aromatic rings. The van der Waals surface area contributed by atoms with E-state index in [1.807, 2.05) is 23.3 Å². The molecule has 1 atom stereocenters. The second kappa shape index (κ2) is 8.57. The van der Waals surface area contributed by atoms with Crippen LogP contribution in [0.15, 0.2) is 40.2 Å². The van der Waals surface area contributed by atoms with E-state index in [-0.39, 0.29) is 0 Å². The Balaban J connectivity index is 1.99. The van der Waals surface area contributed by atoms with Gasteiger partial charge in [-0.3, -0.25) is 0 Å². The fourth-order valence-electron chi connectivity index (χ4n) is 2.31. The molecule has 1 aromatic carbocycles. The SMILES string of the molecule is CCNC(CSc1nccs1)c1ccc(CC(C)C)cc1. The number of nitrogens with one attached hydrogen (secondary N) is 1. The molecule has 1 heterocycles. The van der Waals surface area contributed by atoms with Gasteiger partial charge in [0, 0.05) is 23.4 Å². The lowest BCUT2D eigenvalue weighted by atomic mass is 10.00. The van der Waals surface area contributed by atoms with Crippen LogP contribution in [0, 0.1) is 5.92 Å². The summed E-state index contributed by atoms with van der Waals surface area (Å²) in [5, 5.41) is 5.61. The van der Waals surface area contributed by atoms with Gasteiger partial charge < -0.3 is 5.32 Å². The van der Waals surface area contributed by atoms with E-state index in [9.17, 15) is 0 Å². The van der Waals surface area contributed by atoms with Gasteiger partial charge in [0.25, 0.3) is 0 Å². The first-order valence-electron chi connectivity index (χ1n) is 7.53. The molecule has 0 fully saturated rings. The predicted octanol–water partition coefficient (Wildman–Crippen LogP) is 4.78. The van der Waals surface area contributed by atoms with Crippen LogP contribution in [0.2, 0.25) is 0 Å². The number of nitrogens with zero attached hydrogens (tertiary/aromatic N) is 1. The van der Waals surface area contributed by atoms with Gasteiger partial charge in [-0.1, -0.05) is 56.8 Å². The molecule has 0 aliphatic heterocycles. The zero-order valence-corrected chi connectivity index (χ0v) is 14.6. The monoisotopic (exact) mass is 320 g/mol. The van der Waals surface area contributed by atoms with Crippen LogP contribution in [0.4, 0.5) is 0 Å². The molecule has 0 bridgehead atoms. The zero-order valence-electron chi connectivity index (χ0n) is 13.0. The van der Waals surface area contributed by atoms with Crippen molar-refractivity contribution in [2.45, 2.75) is 37.6 Å². The van der Waals surface area contributed by atoms with Crippen LogP contribution in [0.25, 0.3) is 0 Å². The zero-order chi connectivity index (χ0) is 15.1. The molecule has 0 saturated heterocycles. The first kappa shape index (κ1) is 16.5. The maximum Gasteiger partial charge on any atom is 0.149 e. The number of thioether (sulfide) groups is 1. The average Bonchev–Trinajstić information content (AvgIpc) is 2.97. The lowest BCUT2D eigenvalue weighted by Gasteiger charge is -2.18. The molecule has 1 unspecified atom stereocenters. The van der Waals surface area contributed by atoms with E-state index in [1.165, 1.54) is 11.1 Å². The highest BCUT2D eigenvalue weighted by Crippen LogP contribution is 2.26. The van der Waals surface area contributed by atoms with Gasteiger partial charge in [-0.2, -0.15) is 0 Å². The molecule has 0 saturated carbocycles. The summed E-state index contributed by atoms with van der Waals surface area (Å²) in [5.74, 6) is 1.73. The van der Waals surface area contributed by atoms with Crippen LogP contribution in [-0.4, -0.2) is 17.3 Å². The minimum absolute atomic E-state index is 0.386. The van der Waals surface area contributed by atoms with Crippen molar-refractivity contribution in [2.24, 2.45) is 5.92 Å². The van der Waals surface area contributed by atoms with Crippen molar-refractivity contribution in [2.75, 3.05) is 12.3 Å². The standard InChI is InChI=1S/C17H24N2S2/c1-4-18-16(12-21-17-19-9-10-20-17)15-7-5-14(6-8-15)11-13(2)3/h5-10,13,16,18H,4,11-12H2,1-3H3. The predicted molar refractivity (Wildman–Crippen MR) is 94.2 cm³/mol. The molecule has 4 heteroatoms. The lowest BCUT2D eigenvalue weighted by Crippen LogP contribution is -2.22. The van der Waals surface area contributed by atoms with Crippen LogP contribution < -0.4 is 5.32 Å². The van der Waals surface area contributed by atoms with E-state index in [0.29, 0.717) is 12.0 Å². The van der Waals surface area contributed by atoms with Gasteiger partial charge in [0.1, 0.15) is 4.34 Å². The largest absolute Gasteiger partial charge is 0.309 e. The third-order valence-corrected chi connectivity index (χ3v) is 5.32. The Morgan fingerprint density at radius 1 is 1.24 bits per heavy atom. The summed E-state index contributed by atoms with van der Waals surface area (Å²) in [7, 11) is 0. The summed E-state index contributed by atoms with van der Waals surface area (Å²) < 4.78 is 1.15. The lowest BCUT2D eigenvalue weighted by molar-refractivity contribution is 0.604. The molecule has 0 spiro atoms. The van der Waals surface area contributed by atoms with E-state index < -0.39 is 0 Å². The van der Waals surface area contributed by atoms with Gasteiger partial charge >= 0.3 is 0 Å². The van der Waals surface area contributed by atoms with Crippen LogP contribution in [0.5, 0.6) is 0 Å². The number of rotatable bonds is 8. The van der Waals surface area contributed by atoms with Gasteiger partial charge in [-0.25, -0.2) is 4.98 Å². The van der Waals surface area contributed by atoms with Crippen LogP contribution in [-0.2, 0) is 6.42 Å². The summed E-state index contributed by atoms with van der Waals surface area (Å²) in [6, 6.07) is 9.47. The molecule has 0 amide bonds. The third kappa shape index (κ3) is 5.46. The number of hydrogen-bond acceptors (Lipinski definition) is 4. The summed E-state index contributed by atoms with van der Waals surface area (Å²) in [6.45, 7) is 7.67. The third-order valence-electron chi connectivity index (χ3n) is 3.26. The maximum absolute atomic E-state index is 4.34. The summed E-state index contributed by atoms with van der Waals surface area (Å²) >= 11 is 3.54. The molecule has 2 nitrogen and oxygen atoms in total. The fraction of sp³-hybridized carbons (Fsp3) is 0.471. The molecular formula is C17H24N2S2. The molecule has 0 aliphatic rings. The quantitative estimate of drug-likeness (QED) is 0.708. The molecule has 1 N–H and O–H groups in total. The Morgan fingerprint density at radius 3 is 2.57 bits per heavy atom. The first-order chi connectivity index (χ1) is 10.2. The van der Waals surface area contributed by atoms with Crippen molar-refractivity contribution in [1.29, 1.82) is 0 Å². The highest BCUT2D eigenvalue weighted by Gasteiger charge is 2.12. The van der Waals surface area contributed by atoms with Crippen molar-refractivity contribution >= 4 is 23.1 Å². The van der Waals surface area contributed by atoms with Gasteiger partial charge in [-0.15, -0.1) is 11.3 Å². The molecule has 114 valence electrons. The number of thiazole rings is 1. The van der Waals surface area contributed by atoms with E-state index in [1.54, 1.807) is 11.3 Å². The number of aromatic nitrogens is 1. The minimum Gasteiger partial charge on any atom is -0.309 e. The first-order valence-corrected chi connectivity index (χ1v) is 9.40. The topological polar surface area (TPSA) is 24.9 Å². The number of benzene rings is 1. The van der Waals surface area contributed by atoms with Crippen molar-refractivity contribution < 1.29 is 0 Å². The van der Waals surface area contributed by atoms with Crippen LogP contribution in [0.1, 0.15) is 37.9 Å². The molecule has 21 heavy (non-hydrogen) atoms. The second-order valence-electron chi connectivity index (χ2n) is 5.56. The Morgan fingerprint density at radius 2 is 2.00 bits per heavy atom. The van der Waals surface area contributed by atoms with E-state index in [0.717, 1.165) is 23.1 Å². The average molecular weight is 321 g/mol. The van der Waals surface area contributed by atoms with E-state index >= 15 is 0 Å². The summed E-state index contributed by atoms with van der Waals surface area (Å²) in [5.41, 5.74) is 2.80. The van der Waals surface area contributed by atoms with Crippen molar-refractivity contribution in [3.05, 3.63) is 47.0 Å². The highest BCUT2D eigenvalue weighted by molar-refractivity contribution is 8.01. The summed E-state index contributed by atoms with van der Waals surface area (Å²) in [4.78, 5) is 4.34. The van der Waals surface area contributed by atoms with Gasteiger partial charge in [-0.05, 0) is 30.0 Å². The fourth-order valence-corrected chi connectivity index (χ4v) is 4.07. The summed E-state index contributed by atoms with van der Waals surface area (Å²) in [6.07, 6.45) is 3.02. The van der Waals surface area contributed by atoms with Crippen LogP contribution in [0.3, 0.4) is 0 Å². The van der Waals surface area contributed by atoms with Crippen molar-refractivity contribution in [1.82, 2.24) is 10.3 Å². The van der Waals surface area contributed by atoms with Crippen molar-refractivity contribution in [3.8, 4) is 0 Å². The van der Waals surface area contributed by atoms with E-state index in [4.69, 9.17) is 0 Å². The highest BCUT2D eigenvalue weighted by atomic mass is 32.2. The Kier molecular flexibility index (Phi) is 6.74.